The normalized spacial score (nSPS) is 26.2. The van der Waals surface area contributed by atoms with Crippen molar-refractivity contribution in [1.82, 2.24) is 10.6 Å². The third-order valence-corrected chi connectivity index (χ3v) is 7.08. The molecular formula is C12H20N2O4S2. The molecule has 20 heavy (non-hydrogen) atoms. The van der Waals surface area contributed by atoms with Gasteiger partial charge in [0.1, 0.15) is 0 Å². The van der Waals surface area contributed by atoms with E-state index in [1.807, 2.05) is 0 Å². The summed E-state index contributed by atoms with van der Waals surface area (Å²) in [5.74, 6) is 2.02. The van der Waals surface area contributed by atoms with E-state index in [2.05, 4.69) is 34.2 Å². The maximum absolute atomic E-state index is 9.10. The zero-order valence-electron chi connectivity index (χ0n) is 11.2. The summed E-state index contributed by atoms with van der Waals surface area (Å²) in [7, 11) is 0. The maximum atomic E-state index is 9.10. The summed E-state index contributed by atoms with van der Waals surface area (Å²) >= 11 is 4.16. The van der Waals surface area contributed by atoms with Crippen molar-refractivity contribution in [2.75, 3.05) is 49.2 Å². The first kappa shape index (κ1) is 15.9. The minimum Gasteiger partial charge on any atom is -0.473 e. The number of carboxylic acid groups (broad SMARTS) is 2. The van der Waals surface area contributed by atoms with E-state index < -0.39 is 11.9 Å². The van der Waals surface area contributed by atoms with E-state index in [0.29, 0.717) is 0 Å². The van der Waals surface area contributed by atoms with Crippen LogP contribution in [0.3, 0.4) is 0 Å². The Labute approximate surface area is 126 Å². The SMILES string of the molecule is C1NCC12CSC2.C1NCC12CSC2.O=C(O)C(=O)O. The summed E-state index contributed by atoms with van der Waals surface area (Å²) in [6.07, 6.45) is 0. The lowest BCUT2D eigenvalue weighted by molar-refractivity contribution is -0.159. The Morgan fingerprint density at radius 2 is 1.05 bits per heavy atom. The molecule has 0 aliphatic carbocycles. The van der Waals surface area contributed by atoms with Gasteiger partial charge in [0.25, 0.3) is 0 Å². The summed E-state index contributed by atoms with van der Waals surface area (Å²) < 4.78 is 0. The molecule has 4 aliphatic rings. The molecule has 0 saturated carbocycles. The van der Waals surface area contributed by atoms with Crippen LogP contribution in [0.2, 0.25) is 0 Å². The Bertz CT molecular complexity index is 309. The molecule has 0 aromatic carbocycles. The van der Waals surface area contributed by atoms with Gasteiger partial charge in [-0.2, -0.15) is 23.5 Å². The van der Waals surface area contributed by atoms with Crippen molar-refractivity contribution in [3.05, 3.63) is 0 Å². The fourth-order valence-corrected chi connectivity index (χ4v) is 4.53. The van der Waals surface area contributed by atoms with Crippen LogP contribution in [0.25, 0.3) is 0 Å². The lowest BCUT2D eigenvalue weighted by Gasteiger charge is -2.49. The minimum absolute atomic E-state index is 0.796. The number of hydrogen-bond acceptors (Lipinski definition) is 6. The van der Waals surface area contributed by atoms with E-state index in [1.165, 1.54) is 49.2 Å². The fraction of sp³-hybridized carbons (Fsp3) is 0.833. The van der Waals surface area contributed by atoms with Crippen LogP contribution in [0.4, 0.5) is 0 Å². The molecule has 4 aliphatic heterocycles. The van der Waals surface area contributed by atoms with E-state index in [-0.39, 0.29) is 0 Å². The molecule has 0 bridgehead atoms. The summed E-state index contributed by atoms with van der Waals surface area (Å²) in [5, 5.41) is 21.4. The van der Waals surface area contributed by atoms with Gasteiger partial charge in [-0.3, -0.25) is 0 Å². The molecule has 4 N–H and O–H groups in total. The monoisotopic (exact) mass is 320 g/mol. The van der Waals surface area contributed by atoms with Crippen LogP contribution in [0.5, 0.6) is 0 Å². The first-order valence-electron chi connectivity index (χ1n) is 6.50. The van der Waals surface area contributed by atoms with Gasteiger partial charge in [0.2, 0.25) is 0 Å². The molecule has 0 amide bonds. The third-order valence-electron chi connectivity index (χ3n) is 3.82. The van der Waals surface area contributed by atoms with Gasteiger partial charge in [0.05, 0.1) is 0 Å². The van der Waals surface area contributed by atoms with Crippen LogP contribution in [-0.4, -0.2) is 71.3 Å². The summed E-state index contributed by atoms with van der Waals surface area (Å²) in [6, 6.07) is 0. The molecule has 114 valence electrons. The predicted molar refractivity (Wildman–Crippen MR) is 80.5 cm³/mol. The van der Waals surface area contributed by atoms with Gasteiger partial charge in [-0.1, -0.05) is 0 Å². The second kappa shape index (κ2) is 6.55. The zero-order valence-corrected chi connectivity index (χ0v) is 12.8. The summed E-state index contributed by atoms with van der Waals surface area (Å²) in [6.45, 7) is 5.17. The van der Waals surface area contributed by atoms with Crippen molar-refractivity contribution in [3.8, 4) is 0 Å². The first-order chi connectivity index (χ1) is 9.47. The third kappa shape index (κ3) is 3.81. The summed E-state index contributed by atoms with van der Waals surface area (Å²) in [4.78, 5) is 18.2. The zero-order chi connectivity index (χ0) is 14.6. The molecule has 2 spiro atoms. The van der Waals surface area contributed by atoms with Crippen molar-refractivity contribution in [3.63, 3.8) is 0 Å². The van der Waals surface area contributed by atoms with Gasteiger partial charge in [0.15, 0.2) is 0 Å². The number of aliphatic carboxylic acids is 2. The highest BCUT2D eigenvalue weighted by Gasteiger charge is 2.43. The number of carboxylic acids is 2. The number of rotatable bonds is 0. The van der Waals surface area contributed by atoms with Gasteiger partial charge < -0.3 is 20.8 Å². The van der Waals surface area contributed by atoms with Crippen LogP contribution in [0.15, 0.2) is 0 Å². The standard InChI is InChI=1S/2C5H9NS.C2H2O4/c2*1-5(2-6-1)3-7-4-5;3-1(4)2(5)6/h2*6H,1-4H2;(H,3,4)(H,5,6). The molecule has 0 aromatic rings. The van der Waals surface area contributed by atoms with Crippen molar-refractivity contribution < 1.29 is 19.8 Å². The van der Waals surface area contributed by atoms with Crippen molar-refractivity contribution in [2.45, 2.75) is 0 Å². The van der Waals surface area contributed by atoms with Crippen LogP contribution in [0, 0.1) is 10.8 Å². The predicted octanol–water partition coefficient (Wildman–Crippen LogP) is -0.199. The number of thioether (sulfide) groups is 2. The topological polar surface area (TPSA) is 98.7 Å². The lowest BCUT2D eigenvalue weighted by Crippen LogP contribution is -2.60. The smallest absolute Gasteiger partial charge is 0.414 e. The second-order valence-corrected chi connectivity index (χ2v) is 7.77. The molecule has 4 saturated heterocycles. The molecular weight excluding hydrogens is 300 g/mol. The Morgan fingerprint density at radius 3 is 1.05 bits per heavy atom. The highest BCUT2D eigenvalue weighted by atomic mass is 32.2. The van der Waals surface area contributed by atoms with E-state index in [1.54, 1.807) is 0 Å². The molecule has 8 heteroatoms. The van der Waals surface area contributed by atoms with E-state index in [9.17, 15) is 0 Å². The average molecular weight is 320 g/mol. The van der Waals surface area contributed by atoms with Crippen LogP contribution >= 0.6 is 23.5 Å². The van der Waals surface area contributed by atoms with Crippen molar-refractivity contribution in [2.24, 2.45) is 10.8 Å². The number of carbonyl (C=O) groups is 2. The van der Waals surface area contributed by atoms with Gasteiger partial charge in [-0.25, -0.2) is 9.59 Å². The molecule has 4 fully saturated rings. The lowest BCUT2D eigenvalue weighted by atomic mass is 9.85. The molecule has 0 radical (unpaired) electrons. The van der Waals surface area contributed by atoms with Crippen LogP contribution in [-0.2, 0) is 9.59 Å². The van der Waals surface area contributed by atoms with E-state index >= 15 is 0 Å². The van der Waals surface area contributed by atoms with Crippen molar-refractivity contribution >= 4 is 35.5 Å². The molecule has 0 atom stereocenters. The summed E-state index contributed by atoms with van der Waals surface area (Å²) in [5.41, 5.74) is 1.59. The average Bonchev–Trinajstić information content (AvgIpc) is 2.08. The molecule has 4 heterocycles. The number of hydrogen-bond donors (Lipinski definition) is 4. The Hall–Kier alpha value is -0.440. The van der Waals surface area contributed by atoms with Gasteiger partial charge >= 0.3 is 11.9 Å². The molecule has 6 nitrogen and oxygen atoms in total. The Balaban J connectivity index is 0.000000111. The van der Waals surface area contributed by atoms with E-state index in [0.717, 1.165) is 10.8 Å². The van der Waals surface area contributed by atoms with Crippen molar-refractivity contribution in [1.29, 1.82) is 0 Å². The Kier molecular flexibility index (Phi) is 5.22. The molecule has 0 unspecified atom stereocenters. The van der Waals surface area contributed by atoms with E-state index in [4.69, 9.17) is 19.8 Å². The quantitative estimate of drug-likeness (QED) is 0.456. The second-order valence-electron chi connectivity index (χ2n) is 5.80. The Morgan fingerprint density at radius 1 is 0.750 bits per heavy atom. The van der Waals surface area contributed by atoms with Gasteiger partial charge in [-0.05, 0) is 0 Å². The fourth-order valence-electron chi connectivity index (χ4n) is 2.15. The maximum Gasteiger partial charge on any atom is 0.414 e. The van der Waals surface area contributed by atoms with Gasteiger partial charge in [0, 0.05) is 60.0 Å². The molecule has 4 rings (SSSR count). The largest absolute Gasteiger partial charge is 0.473 e. The molecule has 0 aromatic heterocycles. The van der Waals surface area contributed by atoms with Crippen LogP contribution < -0.4 is 10.6 Å². The van der Waals surface area contributed by atoms with Gasteiger partial charge in [-0.15, -0.1) is 0 Å². The first-order valence-corrected chi connectivity index (χ1v) is 8.81. The van der Waals surface area contributed by atoms with Crippen LogP contribution in [0.1, 0.15) is 0 Å². The highest BCUT2D eigenvalue weighted by Crippen LogP contribution is 2.41. The minimum atomic E-state index is -1.82. The number of nitrogens with one attached hydrogen (secondary N) is 2. The highest BCUT2D eigenvalue weighted by molar-refractivity contribution is 8.00.